The molecular formula is C16H24O4. The molecule has 1 unspecified atom stereocenters. The number of ether oxygens (including phenoxy) is 3. The zero-order valence-electron chi connectivity index (χ0n) is 12.2. The van der Waals surface area contributed by atoms with Crippen molar-refractivity contribution in [3.63, 3.8) is 0 Å². The van der Waals surface area contributed by atoms with Gasteiger partial charge in [0.2, 0.25) is 0 Å². The normalized spacial score (nSPS) is 24.4. The zero-order chi connectivity index (χ0) is 14.4. The van der Waals surface area contributed by atoms with E-state index in [0.717, 1.165) is 24.8 Å². The molecule has 0 heterocycles. The Kier molecular flexibility index (Phi) is 5.83. The van der Waals surface area contributed by atoms with Crippen LogP contribution in [0.15, 0.2) is 24.3 Å². The van der Waals surface area contributed by atoms with Crippen LogP contribution in [0.4, 0.5) is 0 Å². The molecule has 0 saturated heterocycles. The fourth-order valence-corrected chi connectivity index (χ4v) is 2.72. The summed E-state index contributed by atoms with van der Waals surface area (Å²) in [4.78, 5) is 0. The van der Waals surface area contributed by atoms with Crippen LogP contribution in [-0.2, 0) is 9.47 Å². The monoisotopic (exact) mass is 280 g/mol. The average Bonchev–Trinajstić information content (AvgIpc) is 2.47. The molecule has 3 atom stereocenters. The highest BCUT2D eigenvalue weighted by Gasteiger charge is 2.24. The van der Waals surface area contributed by atoms with E-state index in [1.165, 1.54) is 6.42 Å². The Balaban J connectivity index is 2.06. The molecule has 1 aromatic carbocycles. The van der Waals surface area contributed by atoms with Gasteiger partial charge in [-0.2, -0.15) is 0 Å². The molecule has 112 valence electrons. The van der Waals surface area contributed by atoms with E-state index in [9.17, 15) is 5.11 Å². The third-order valence-electron chi connectivity index (χ3n) is 3.74. The van der Waals surface area contributed by atoms with Crippen LogP contribution in [0.1, 0.15) is 44.1 Å². The molecule has 4 nitrogen and oxygen atoms in total. The summed E-state index contributed by atoms with van der Waals surface area (Å²) < 4.78 is 16.1. The van der Waals surface area contributed by atoms with E-state index >= 15 is 0 Å². The predicted molar refractivity (Wildman–Crippen MR) is 76.7 cm³/mol. The maximum atomic E-state index is 10.1. The molecule has 1 N–H and O–H groups in total. The first kappa shape index (κ1) is 15.3. The molecule has 1 aliphatic carbocycles. The third kappa shape index (κ3) is 3.95. The number of aliphatic hydroxyl groups excluding tert-OH is 1. The molecule has 0 bridgehead atoms. The van der Waals surface area contributed by atoms with Gasteiger partial charge in [-0.15, -0.1) is 0 Å². The first-order valence-electron chi connectivity index (χ1n) is 7.33. The van der Waals surface area contributed by atoms with Crippen LogP contribution in [0.5, 0.6) is 5.75 Å². The van der Waals surface area contributed by atoms with Gasteiger partial charge in [-0.05, 0) is 37.5 Å². The summed E-state index contributed by atoms with van der Waals surface area (Å²) in [5.74, 6) is 0.918. The molecule has 0 aromatic heterocycles. The van der Waals surface area contributed by atoms with Crippen molar-refractivity contribution in [3.05, 3.63) is 29.8 Å². The Morgan fingerprint density at radius 2 is 2.10 bits per heavy atom. The van der Waals surface area contributed by atoms with Crippen LogP contribution in [0.25, 0.3) is 0 Å². The highest BCUT2D eigenvalue weighted by Crippen LogP contribution is 2.34. The Morgan fingerprint density at radius 1 is 1.30 bits per heavy atom. The second-order valence-electron chi connectivity index (χ2n) is 5.13. The predicted octanol–water partition coefficient (Wildman–Crippen LogP) is 3.05. The van der Waals surface area contributed by atoms with Gasteiger partial charge in [-0.3, -0.25) is 0 Å². The summed E-state index contributed by atoms with van der Waals surface area (Å²) in [5.41, 5.74) is 1.13. The lowest BCUT2D eigenvalue weighted by Gasteiger charge is -2.28. The summed E-state index contributed by atoms with van der Waals surface area (Å²) in [5, 5.41) is 10.1. The second-order valence-corrected chi connectivity index (χ2v) is 5.13. The van der Waals surface area contributed by atoms with Crippen LogP contribution in [0.2, 0.25) is 0 Å². The van der Waals surface area contributed by atoms with Crippen molar-refractivity contribution in [2.24, 2.45) is 0 Å². The lowest BCUT2D eigenvalue weighted by atomic mass is 9.82. The minimum atomic E-state index is -0.688. The summed E-state index contributed by atoms with van der Waals surface area (Å²) in [6.07, 6.45) is 3.96. The van der Waals surface area contributed by atoms with Crippen LogP contribution in [0, 0.1) is 0 Å². The van der Waals surface area contributed by atoms with Gasteiger partial charge in [-0.25, -0.2) is 0 Å². The molecule has 1 fully saturated rings. The number of aliphatic hydroxyl groups is 1. The zero-order valence-corrected chi connectivity index (χ0v) is 12.2. The number of rotatable bonds is 6. The Bertz CT molecular complexity index is 407. The van der Waals surface area contributed by atoms with Crippen molar-refractivity contribution in [3.8, 4) is 5.75 Å². The smallest absolute Gasteiger partial charge is 0.315 e. The van der Waals surface area contributed by atoms with E-state index in [1.54, 1.807) is 7.11 Å². The fraction of sp³-hybridized carbons (Fsp3) is 0.625. The molecule has 0 aliphatic heterocycles. The van der Waals surface area contributed by atoms with Crippen molar-refractivity contribution in [1.82, 2.24) is 0 Å². The highest BCUT2D eigenvalue weighted by molar-refractivity contribution is 5.31. The Morgan fingerprint density at radius 3 is 2.80 bits per heavy atom. The minimum Gasteiger partial charge on any atom is -0.441 e. The van der Waals surface area contributed by atoms with Gasteiger partial charge >= 0.3 is 6.48 Å². The molecule has 0 amide bonds. The number of hydrogen-bond donors (Lipinski definition) is 1. The number of hydrogen-bond acceptors (Lipinski definition) is 4. The van der Waals surface area contributed by atoms with Gasteiger partial charge in [0, 0.05) is 13.0 Å². The molecule has 0 radical (unpaired) electrons. The molecule has 4 heteroatoms. The van der Waals surface area contributed by atoms with Gasteiger partial charge in [0.05, 0.1) is 12.7 Å². The van der Waals surface area contributed by atoms with Gasteiger partial charge in [0.25, 0.3) is 0 Å². The summed E-state index contributed by atoms with van der Waals surface area (Å²) >= 11 is 0. The fourth-order valence-electron chi connectivity index (χ4n) is 2.72. The average molecular weight is 280 g/mol. The van der Waals surface area contributed by atoms with Crippen LogP contribution < -0.4 is 4.74 Å². The van der Waals surface area contributed by atoms with E-state index < -0.39 is 6.48 Å². The van der Waals surface area contributed by atoms with Crippen LogP contribution >= 0.6 is 0 Å². The van der Waals surface area contributed by atoms with Crippen molar-refractivity contribution in [2.75, 3.05) is 13.7 Å². The topological polar surface area (TPSA) is 47.9 Å². The van der Waals surface area contributed by atoms with Gasteiger partial charge < -0.3 is 19.3 Å². The number of benzene rings is 1. The minimum absolute atomic E-state index is 0.209. The molecule has 2 rings (SSSR count). The van der Waals surface area contributed by atoms with E-state index in [1.807, 2.05) is 25.1 Å². The van der Waals surface area contributed by atoms with Crippen molar-refractivity contribution in [2.45, 2.75) is 51.1 Å². The lowest BCUT2D eigenvalue weighted by Crippen LogP contribution is -2.24. The summed E-state index contributed by atoms with van der Waals surface area (Å²) in [6.45, 7) is 1.73. The third-order valence-corrected chi connectivity index (χ3v) is 3.74. The van der Waals surface area contributed by atoms with Crippen LogP contribution in [-0.4, -0.2) is 31.4 Å². The molecular weight excluding hydrogens is 256 g/mol. The van der Waals surface area contributed by atoms with Crippen molar-refractivity contribution >= 4 is 0 Å². The lowest BCUT2D eigenvalue weighted by molar-refractivity contribution is -0.231. The SMILES string of the molecule is CCOC(OC)Oc1cccc([C@@H]2CCCC[C@H]2O)c1. The quantitative estimate of drug-likeness (QED) is 0.814. The van der Waals surface area contributed by atoms with Crippen molar-refractivity contribution < 1.29 is 19.3 Å². The molecule has 0 spiro atoms. The summed E-state index contributed by atoms with van der Waals surface area (Å²) in [7, 11) is 1.55. The highest BCUT2D eigenvalue weighted by atomic mass is 16.8. The first-order valence-corrected chi connectivity index (χ1v) is 7.33. The standard InChI is InChI=1S/C16H24O4/c1-3-19-16(18-2)20-13-8-6-7-12(11-13)14-9-4-5-10-15(14)17/h6-8,11,14-17H,3-5,9-10H2,1-2H3/t14-,15+,16?/m0/s1. The Labute approximate surface area is 120 Å². The first-order chi connectivity index (χ1) is 9.74. The second kappa shape index (κ2) is 7.62. The van der Waals surface area contributed by atoms with Gasteiger partial charge in [0.15, 0.2) is 0 Å². The molecule has 1 saturated carbocycles. The van der Waals surface area contributed by atoms with E-state index in [0.29, 0.717) is 12.4 Å². The largest absolute Gasteiger partial charge is 0.441 e. The number of methoxy groups -OCH3 is 1. The van der Waals surface area contributed by atoms with E-state index in [-0.39, 0.29) is 12.0 Å². The maximum Gasteiger partial charge on any atom is 0.315 e. The van der Waals surface area contributed by atoms with E-state index in [4.69, 9.17) is 14.2 Å². The molecule has 1 aliphatic rings. The van der Waals surface area contributed by atoms with Crippen LogP contribution in [0.3, 0.4) is 0 Å². The van der Waals surface area contributed by atoms with Crippen molar-refractivity contribution in [1.29, 1.82) is 0 Å². The summed E-state index contributed by atoms with van der Waals surface area (Å²) in [6, 6.07) is 7.85. The maximum absolute atomic E-state index is 10.1. The molecule has 20 heavy (non-hydrogen) atoms. The van der Waals surface area contributed by atoms with E-state index in [2.05, 4.69) is 6.07 Å². The molecule has 1 aromatic rings. The van der Waals surface area contributed by atoms with Gasteiger partial charge in [0.1, 0.15) is 5.75 Å². The Hall–Kier alpha value is -1.10. The van der Waals surface area contributed by atoms with Gasteiger partial charge in [-0.1, -0.05) is 25.0 Å².